The predicted octanol–water partition coefficient (Wildman–Crippen LogP) is 0.189. The number of nitrogens with one attached hydrogen (secondary N) is 1. The summed E-state index contributed by atoms with van der Waals surface area (Å²) in [7, 11) is 2.10. The molecule has 0 aromatic carbocycles. The molecule has 0 saturated carbocycles. The summed E-state index contributed by atoms with van der Waals surface area (Å²) in [6.07, 6.45) is 2.70. The molecule has 1 aromatic heterocycles. The van der Waals surface area contributed by atoms with Gasteiger partial charge in [-0.25, -0.2) is 9.78 Å². The van der Waals surface area contributed by atoms with Gasteiger partial charge in [-0.05, 0) is 26.1 Å². The second-order valence-electron chi connectivity index (χ2n) is 3.58. The lowest BCUT2D eigenvalue weighted by molar-refractivity contribution is 0.410. The first kappa shape index (κ1) is 8.44. The zero-order valence-electron chi connectivity index (χ0n) is 7.66. The van der Waals surface area contributed by atoms with E-state index >= 15 is 0 Å². The summed E-state index contributed by atoms with van der Waals surface area (Å²) in [6.45, 7) is 2.13. The van der Waals surface area contributed by atoms with E-state index in [-0.39, 0.29) is 5.69 Å². The van der Waals surface area contributed by atoms with Crippen molar-refractivity contribution < 1.29 is 0 Å². The molecule has 0 radical (unpaired) electrons. The molecule has 1 saturated heterocycles. The Labute approximate surface area is 76.6 Å². The lowest BCUT2D eigenvalue weighted by Gasteiger charge is -2.09. The predicted molar refractivity (Wildman–Crippen MR) is 49.7 cm³/mol. The number of H-pyrrole nitrogens is 1. The molecule has 2 rings (SSSR count). The monoisotopic (exact) mass is 179 g/mol. The number of hydrogen-bond donors (Lipinski definition) is 1. The first-order valence-corrected chi connectivity index (χ1v) is 4.49. The number of nitrogens with zero attached hydrogens (tertiary/aromatic N) is 2. The molecule has 0 spiro atoms. The number of likely N-dealkylation sites (N-methyl/N-ethyl adjacent to an activating group) is 1. The van der Waals surface area contributed by atoms with Crippen LogP contribution in [0.15, 0.2) is 17.1 Å². The Balaban J connectivity index is 2.21. The zero-order valence-corrected chi connectivity index (χ0v) is 7.66. The average molecular weight is 179 g/mol. The molecule has 0 aliphatic carbocycles. The summed E-state index contributed by atoms with van der Waals surface area (Å²) in [5.74, 6) is 0.473. The SMILES string of the molecule is CN1CCC(c2ccnc(=O)[nH]2)C1. The van der Waals surface area contributed by atoms with Crippen molar-refractivity contribution in [1.82, 2.24) is 14.9 Å². The van der Waals surface area contributed by atoms with Gasteiger partial charge in [0.15, 0.2) is 0 Å². The molecule has 1 unspecified atom stereocenters. The molecule has 0 bridgehead atoms. The molecule has 0 amide bonds. The van der Waals surface area contributed by atoms with Crippen LogP contribution in [0, 0.1) is 0 Å². The van der Waals surface area contributed by atoms with E-state index in [1.54, 1.807) is 6.20 Å². The minimum atomic E-state index is -0.243. The third-order valence-corrected chi connectivity index (χ3v) is 2.53. The molecular formula is C9H13N3O. The van der Waals surface area contributed by atoms with Gasteiger partial charge in [0.05, 0.1) is 0 Å². The largest absolute Gasteiger partial charge is 0.345 e. The fraction of sp³-hybridized carbons (Fsp3) is 0.556. The Morgan fingerprint density at radius 3 is 3.15 bits per heavy atom. The van der Waals surface area contributed by atoms with E-state index in [1.807, 2.05) is 6.07 Å². The molecule has 1 aliphatic heterocycles. The van der Waals surface area contributed by atoms with Crippen molar-refractivity contribution in [3.05, 3.63) is 28.4 Å². The average Bonchev–Trinajstić information content (AvgIpc) is 2.52. The highest BCUT2D eigenvalue weighted by Gasteiger charge is 2.21. The molecule has 1 N–H and O–H groups in total. The maximum atomic E-state index is 10.9. The highest BCUT2D eigenvalue weighted by Crippen LogP contribution is 2.23. The standard InChI is InChI=1S/C9H13N3O/c1-12-5-3-7(6-12)8-2-4-10-9(13)11-8/h2,4,7H,3,5-6H2,1H3,(H,10,11,13). The van der Waals surface area contributed by atoms with Crippen molar-refractivity contribution >= 4 is 0 Å². The van der Waals surface area contributed by atoms with Crippen LogP contribution in [0.4, 0.5) is 0 Å². The summed E-state index contributed by atoms with van der Waals surface area (Å²) in [5.41, 5.74) is 0.774. The number of likely N-dealkylation sites (tertiary alicyclic amines) is 1. The van der Waals surface area contributed by atoms with Crippen molar-refractivity contribution in [3.63, 3.8) is 0 Å². The highest BCUT2D eigenvalue weighted by molar-refractivity contribution is 5.08. The van der Waals surface area contributed by atoms with Crippen LogP contribution in [-0.4, -0.2) is 35.0 Å². The van der Waals surface area contributed by atoms with Crippen LogP contribution in [-0.2, 0) is 0 Å². The minimum absolute atomic E-state index is 0.243. The number of aromatic amines is 1. The lowest BCUT2D eigenvalue weighted by atomic mass is 10.1. The first-order valence-electron chi connectivity index (χ1n) is 4.49. The van der Waals surface area contributed by atoms with Gasteiger partial charge in [-0.15, -0.1) is 0 Å². The molecule has 4 heteroatoms. The van der Waals surface area contributed by atoms with Crippen molar-refractivity contribution in [1.29, 1.82) is 0 Å². The number of hydrogen-bond acceptors (Lipinski definition) is 3. The Morgan fingerprint density at radius 2 is 2.54 bits per heavy atom. The van der Waals surface area contributed by atoms with Crippen molar-refractivity contribution in [2.75, 3.05) is 20.1 Å². The fourth-order valence-corrected chi connectivity index (χ4v) is 1.81. The Bertz CT molecular complexity index is 347. The molecule has 70 valence electrons. The van der Waals surface area contributed by atoms with Crippen molar-refractivity contribution in [2.24, 2.45) is 0 Å². The first-order chi connectivity index (χ1) is 6.25. The Morgan fingerprint density at radius 1 is 1.69 bits per heavy atom. The summed E-state index contributed by atoms with van der Waals surface area (Å²) >= 11 is 0. The van der Waals surface area contributed by atoms with Gasteiger partial charge in [-0.3, -0.25) is 0 Å². The minimum Gasteiger partial charge on any atom is -0.309 e. The van der Waals surface area contributed by atoms with Crippen LogP contribution in [0.5, 0.6) is 0 Å². The second kappa shape index (κ2) is 3.30. The van der Waals surface area contributed by atoms with Gasteiger partial charge in [0.1, 0.15) is 0 Å². The van der Waals surface area contributed by atoms with Gasteiger partial charge in [0, 0.05) is 24.4 Å². The topological polar surface area (TPSA) is 49.0 Å². The van der Waals surface area contributed by atoms with Gasteiger partial charge in [0.2, 0.25) is 0 Å². The van der Waals surface area contributed by atoms with Crippen LogP contribution in [0.2, 0.25) is 0 Å². The third-order valence-electron chi connectivity index (χ3n) is 2.53. The van der Waals surface area contributed by atoms with Gasteiger partial charge < -0.3 is 9.88 Å². The second-order valence-corrected chi connectivity index (χ2v) is 3.58. The fourth-order valence-electron chi connectivity index (χ4n) is 1.81. The van der Waals surface area contributed by atoms with Crippen LogP contribution in [0.3, 0.4) is 0 Å². The van der Waals surface area contributed by atoms with Gasteiger partial charge in [-0.1, -0.05) is 0 Å². The van der Waals surface area contributed by atoms with Crippen LogP contribution in [0.25, 0.3) is 0 Å². The van der Waals surface area contributed by atoms with E-state index in [1.165, 1.54) is 0 Å². The van der Waals surface area contributed by atoms with E-state index in [0.717, 1.165) is 25.2 Å². The normalized spacial score (nSPS) is 23.6. The van der Waals surface area contributed by atoms with Crippen LogP contribution in [0.1, 0.15) is 18.0 Å². The van der Waals surface area contributed by atoms with E-state index in [2.05, 4.69) is 21.9 Å². The Kier molecular flexibility index (Phi) is 2.14. The van der Waals surface area contributed by atoms with Crippen LogP contribution >= 0.6 is 0 Å². The zero-order chi connectivity index (χ0) is 9.26. The lowest BCUT2D eigenvalue weighted by Crippen LogP contribution is -2.17. The summed E-state index contributed by atoms with van der Waals surface area (Å²) in [5, 5.41) is 0. The number of aromatic nitrogens is 2. The summed E-state index contributed by atoms with van der Waals surface area (Å²) in [6, 6.07) is 1.89. The van der Waals surface area contributed by atoms with Gasteiger partial charge in [-0.2, -0.15) is 0 Å². The van der Waals surface area contributed by atoms with Crippen LogP contribution < -0.4 is 5.69 Å². The Hall–Kier alpha value is -1.16. The van der Waals surface area contributed by atoms with E-state index in [0.29, 0.717) is 5.92 Å². The highest BCUT2D eigenvalue weighted by atomic mass is 16.1. The quantitative estimate of drug-likeness (QED) is 0.669. The summed E-state index contributed by atoms with van der Waals surface area (Å²) in [4.78, 5) is 19.6. The smallest absolute Gasteiger partial charge is 0.309 e. The molecule has 2 heterocycles. The summed E-state index contributed by atoms with van der Waals surface area (Å²) < 4.78 is 0. The van der Waals surface area contributed by atoms with Gasteiger partial charge in [0.25, 0.3) is 0 Å². The van der Waals surface area contributed by atoms with E-state index in [4.69, 9.17) is 0 Å². The molecule has 1 aliphatic rings. The molecular weight excluding hydrogens is 166 g/mol. The van der Waals surface area contributed by atoms with E-state index < -0.39 is 0 Å². The molecule has 4 nitrogen and oxygen atoms in total. The molecule has 1 atom stereocenters. The third kappa shape index (κ3) is 1.78. The molecule has 13 heavy (non-hydrogen) atoms. The maximum absolute atomic E-state index is 10.9. The van der Waals surface area contributed by atoms with Gasteiger partial charge >= 0.3 is 5.69 Å². The van der Waals surface area contributed by atoms with Crippen molar-refractivity contribution in [3.8, 4) is 0 Å². The van der Waals surface area contributed by atoms with E-state index in [9.17, 15) is 4.79 Å². The maximum Gasteiger partial charge on any atom is 0.345 e. The molecule has 1 aromatic rings. The number of rotatable bonds is 1. The molecule has 1 fully saturated rings. The van der Waals surface area contributed by atoms with Crippen molar-refractivity contribution in [2.45, 2.75) is 12.3 Å².